The predicted octanol–water partition coefficient (Wildman–Crippen LogP) is 2.46. The maximum atomic E-state index is 13.5. The number of hydrogen-bond acceptors (Lipinski definition) is 2. The summed E-state index contributed by atoms with van der Waals surface area (Å²) in [6.45, 7) is 4.77. The Balaban J connectivity index is 2.90. The Kier molecular flexibility index (Phi) is 3.29. The first-order chi connectivity index (χ1) is 6.81. The molecule has 0 unspecified atom stereocenters. The molecule has 1 aromatic carbocycles. The van der Waals surface area contributed by atoms with Crippen molar-refractivity contribution in [3.05, 3.63) is 29.3 Å². The molecular weight excluding hydrogens is 200 g/mol. The van der Waals surface area contributed by atoms with E-state index in [-0.39, 0.29) is 12.2 Å². The van der Waals surface area contributed by atoms with Crippen LogP contribution in [0.2, 0.25) is 0 Å². The van der Waals surface area contributed by atoms with Gasteiger partial charge in [0.2, 0.25) is 0 Å². The molecule has 15 heavy (non-hydrogen) atoms. The molecule has 0 saturated carbocycles. The molecule has 1 rings (SSSR count). The fourth-order valence-electron chi connectivity index (χ4n) is 1.12. The lowest BCUT2D eigenvalue weighted by Gasteiger charge is -2.19. The molecule has 0 bridgehead atoms. The molecule has 0 fully saturated rings. The van der Waals surface area contributed by atoms with Gasteiger partial charge < -0.3 is 10.4 Å². The first-order valence-electron chi connectivity index (χ1n) is 4.72. The lowest BCUT2D eigenvalue weighted by Crippen LogP contribution is -2.30. The predicted molar refractivity (Wildman–Crippen MR) is 55.9 cm³/mol. The summed E-state index contributed by atoms with van der Waals surface area (Å²) in [4.78, 5) is 0. The molecule has 4 heteroatoms. The number of benzene rings is 1. The normalized spacial score (nSPS) is 11.6. The summed E-state index contributed by atoms with van der Waals surface area (Å²) in [7, 11) is 0. The van der Waals surface area contributed by atoms with Gasteiger partial charge in [-0.3, -0.25) is 0 Å². The number of hydrogen-bond donors (Lipinski definition) is 2. The van der Waals surface area contributed by atoms with Gasteiger partial charge in [0.15, 0.2) is 5.82 Å². The van der Waals surface area contributed by atoms with E-state index in [0.717, 1.165) is 0 Å². The second-order valence-corrected chi connectivity index (χ2v) is 4.22. The van der Waals surface area contributed by atoms with Crippen LogP contribution in [0.1, 0.15) is 19.4 Å². The van der Waals surface area contributed by atoms with Gasteiger partial charge in [-0.2, -0.15) is 0 Å². The third kappa shape index (κ3) is 3.16. The number of aryl methyl sites for hydroxylation is 1. The average molecular weight is 215 g/mol. The lowest BCUT2D eigenvalue weighted by molar-refractivity contribution is 0.0944. The van der Waals surface area contributed by atoms with E-state index >= 15 is 0 Å². The summed E-state index contributed by atoms with van der Waals surface area (Å²) in [5.41, 5.74) is -0.824. The molecule has 0 heterocycles. The van der Waals surface area contributed by atoms with Gasteiger partial charge in [-0.05, 0) is 32.4 Å². The van der Waals surface area contributed by atoms with Crippen molar-refractivity contribution in [3.8, 4) is 0 Å². The van der Waals surface area contributed by atoms with Crippen LogP contribution in [-0.4, -0.2) is 17.3 Å². The fraction of sp³-hybridized carbons (Fsp3) is 0.455. The molecule has 0 aromatic heterocycles. The minimum atomic E-state index is -1.01. The molecule has 0 aliphatic carbocycles. The molecule has 0 amide bonds. The Labute approximate surface area is 87.9 Å². The molecule has 0 atom stereocenters. The van der Waals surface area contributed by atoms with Gasteiger partial charge in [-0.15, -0.1) is 0 Å². The summed E-state index contributed by atoms with van der Waals surface area (Å²) in [5, 5.41) is 12.0. The second kappa shape index (κ2) is 4.14. The van der Waals surface area contributed by atoms with Crippen molar-refractivity contribution in [3.63, 3.8) is 0 Å². The molecule has 2 nitrogen and oxygen atoms in total. The molecule has 2 N–H and O–H groups in total. The van der Waals surface area contributed by atoms with Crippen molar-refractivity contribution >= 4 is 5.69 Å². The van der Waals surface area contributed by atoms with Crippen LogP contribution in [0.25, 0.3) is 0 Å². The Morgan fingerprint density at radius 1 is 1.33 bits per heavy atom. The SMILES string of the molecule is Cc1ccc(F)c(NCC(C)(C)O)c1F. The number of anilines is 1. The van der Waals surface area contributed by atoms with Crippen LogP contribution < -0.4 is 5.32 Å². The van der Waals surface area contributed by atoms with Crippen molar-refractivity contribution in [1.29, 1.82) is 0 Å². The fourth-order valence-corrected chi connectivity index (χ4v) is 1.12. The van der Waals surface area contributed by atoms with E-state index < -0.39 is 17.2 Å². The molecule has 1 aromatic rings. The monoisotopic (exact) mass is 215 g/mol. The quantitative estimate of drug-likeness (QED) is 0.811. The first kappa shape index (κ1) is 11.9. The zero-order valence-corrected chi connectivity index (χ0v) is 9.06. The van der Waals surface area contributed by atoms with Gasteiger partial charge in [-0.1, -0.05) is 6.07 Å². The van der Waals surface area contributed by atoms with Crippen molar-refractivity contribution in [2.45, 2.75) is 26.4 Å². The van der Waals surface area contributed by atoms with Crippen LogP contribution >= 0.6 is 0 Å². The van der Waals surface area contributed by atoms with E-state index in [4.69, 9.17) is 0 Å². The zero-order chi connectivity index (χ0) is 11.6. The van der Waals surface area contributed by atoms with Crippen LogP contribution in [-0.2, 0) is 0 Å². The van der Waals surface area contributed by atoms with Crippen LogP contribution in [0, 0.1) is 18.6 Å². The van der Waals surface area contributed by atoms with Crippen molar-refractivity contribution in [2.24, 2.45) is 0 Å². The van der Waals surface area contributed by atoms with Gasteiger partial charge in [0.1, 0.15) is 11.5 Å². The lowest BCUT2D eigenvalue weighted by atomic mass is 10.1. The van der Waals surface area contributed by atoms with E-state index in [9.17, 15) is 13.9 Å². The largest absolute Gasteiger partial charge is 0.389 e. The standard InChI is InChI=1S/C11H15F2NO/c1-7-4-5-8(12)10(9(7)13)14-6-11(2,3)15/h4-5,14-15H,6H2,1-3H3. The topological polar surface area (TPSA) is 32.3 Å². The first-order valence-corrected chi connectivity index (χ1v) is 4.72. The smallest absolute Gasteiger partial charge is 0.152 e. The highest BCUT2D eigenvalue weighted by atomic mass is 19.1. The summed E-state index contributed by atoms with van der Waals surface area (Å²) in [6.07, 6.45) is 0. The molecule has 0 aliphatic heterocycles. The number of aliphatic hydroxyl groups is 1. The van der Waals surface area contributed by atoms with Crippen molar-refractivity contribution in [1.82, 2.24) is 0 Å². The maximum Gasteiger partial charge on any atom is 0.152 e. The second-order valence-electron chi connectivity index (χ2n) is 4.22. The van der Waals surface area contributed by atoms with Gasteiger partial charge in [0, 0.05) is 6.54 Å². The van der Waals surface area contributed by atoms with E-state index in [1.807, 2.05) is 0 Å². The summed E-state index contributed by atoms with van der Waals surface area (Å²) in [5.74, 6) is -1.26. The van der Waals surface area contributed by atoms with Crippen LogP contribution in [0.3, 0.4) is 0 Å². The van der Waals surface area contributed by atoms with Crippen LogP contribution in [0.15, 0.2) is 12.1 Å². The summed E-state index contributed by atoms with van der Waals surface area (Å²) < 4.78 is 26.7. The van der Waals surface area contributed by atoms with E-state index in [2.05, 4.69) is 5.32 Å². The Hall–Kier alpha value is -1.16. The Bertz CT molecular complexity index is 358. The Morgan fingerprint density at radius 2 is 1.93 bits per heavy atom. The van der Waals surface area contributed by atoms with E-state index in [0.29, 0.717) is 5.56 Å². The van der Waals surface area contributed by atoms with Gasteiger partial charge in [-0.25, -0.2) is 8.78 Å². The van der Waals surface area contributed by atoms with Gasteiger partial charge in [0.05, 0.1) is 5.60 Å². The highest BCUT2D eigenvalue weighted by Crippen LogP contribution is 2.22. The number of rotatable bonds is 3. The van der Waals surface area contributed by atoms with E-state index in [1.54, 1.807) is 20.8 Å². The van der Waals surface area contributed by atoms with Crippen LogP contribution in [0.5, 0.6) is 0 Å². The highest BCUT2D eigenvalue weighted by Gasteiger charge is 2.16. The maximum absolute atomic E-state index is 13.5. The highest BCUT2D eigenvalue weighted by molar-refractivity contribution is 5.49. The molecular formula is C11H15F2NO. The molecule has 84 valence electrons. The van der Waals surface area contributed by atoms with Crippen molar-refractivity contribution < 1.29 is 13.9 Å². The third-order valence-electron chi connectivity index (χ3n) is 1.98. The average Bonchev–Trinajstić information content (AvgIpc) is 2.10. The number of nitrogens with one attached hydrogen (secondary N) is 1. The van der Waals surface area contributed by atoms with Crippen LogP contribution in [0.4, 0.5) is 14.5 Å². The number of halogens is 2. The van der Waals surface area contributed by atoms with Gasteiger partial charge in [0.25, 0.3) is 0 Å². The minimum Gasteiger partial charge on any atom is -0.389 e. The molecule has 0 saturated heterocycles. The third-order valence-corrected chi connectivity index (χ3v) is 1.98. The molecule has 0 radical (unpaired) electrons. The van der Waals surface area contributed by atoms with Crippen molar-refractivity contribution in [2.75, 3.05) is 11.9 Å². The Morgan fingerprint density at radius 3 is 2.47 bits per heavy atom. The summed E-state index contributed by atoms with van der Waals surface area (Å²) >= 11 is 0. The summed E-state index contributed by atoms with van der Waals surface area (Å²) in [6, 6.07) is 2.57. The molecule has 0 aliphatic rings. The minimum absolute atomic E-state index is 0.0876. The molecule has 0 spiro atoms. The van der Waals surface area contributed by atoms with E-state index in [1.165, 1.54) is 12.1 Å². The van der Waals surface area contributed by atoms with Gasteiger partial charge >= 0.3 is 0 Å². The zero-order valence-electron chi connectivity index (χ0n) is 9.06.